The molecule has 0 fully saturated rings. The van der Waals surface area contributed by atoms with Gasteiger partial charge in [0.25, 0.3) is 5.91 Å². The van der Waals surface area contributed by atoms with Crippen LogP contribution in [0.15, 0.2) is 30.3 Å². The Labute approximate surface area is 147 Å². The normalized spacial score (nSPS) is 12.1. The molecule has 24 heavy (non-hydrogen) atoms. The molecule has 6 nitrogen and oxygen atoms in total. The Kier molecular flexibility index (Phi) is 4.92. The first kappa shape index (κ1) is 16.6. The van der Waals surface area contributed by atoms with Gasteiger partial charge < -0.3 is 19.7 Å². The van der Waals surface area contributed by atoms with E-state index in [-0.39, 0.29) is 25.2 Å². The Bertz CT molecular complexity index is 777. The van der Waals surface area contributed by atoms with E-state index in [2.05, 4.69) is 5.32 Å². The first-order valence-electron chi connectivity index (χ1n) is 7.19. The molecular formula is C16H15ClN2O4S. The number of nitrogens with one attached hydrogen (secondary N) is 1. The lowest BCUT2D eigenvalue weighted by Crippen LogP contribution is -2.37. The Balaban J connectivity index is 1.52. The van der Waals surface area contributed by atoms with Crippen LogP contribution in [0, 0.1) is 0 Å². The van der Waals surface area contributed by atoms with Crippen LogP contribution in [-0.4, -0.2) is 37.1 Å². The number of halogens is 1. The summed E-state index contributed by atoms with van der Waals surface area (Å²) in [7, 11) is 1.68. The summed E-state index contributed by atoms with van der Waals surface area (Å²) in [5.41, 5.74) is 0.416. The Morgan fingerprint density at radius 1 is 1.25 bits per heavy atom. The molecule has 0 saturated carbocycles. The van der Waals surface area contributed by atoms with Crippen LogP contribution >= 0.6 is 22.9 Å². The highest BCUT2D eigenvalue weighted by atomic mass is 35.5. The van der Waals surface area contributed by atoms with Gasteiger partial charge in [-0.1, -0.05) is 11.6 Å². The van der Waals surface area contributed by atoms with Gasteiger partial charge in [0.1, 0.15) is 0 Å². The van der Waals surface area contributed by atoms with Crippen molar-refractivity contribution in [2.45, 2.75) is 6.54 Å². The van der Waals surface area contributed by atoms with Gasteiger partial charge in [-0.25, -0.2) is 0 Å². The molecule has 126 valence electrons. The van der Waals surface area contributed by atoms with Crippen LogP contribution in [-0.2, 0) is 11.3 Å². The van der Waals surface area contributed by atoms with Crippen LogP contribution in [0.4, 0.5) is 0 Å². The maximum absolute atomic E-state index is 12.1. The Hall–Kier alpha value is -2.25. The SMILES string of the molecule is CN(Cc1ccc(Cl)s1)C(=O)CNC(=O)c1ccc2c(c1)OCO2. The van der Waals surface area contributed by atoms with Gasteiger partial charge in [-0.15, -0.1) is 11.3 Å². The van der Waals surface area contributed by atoms with E-state index in [0.717, 1.165) is 4.88 Å². The predicted molar refractivity (Wildman–Crippen MR) is 90.7 cm³/mol. The van der Waals surface area contributed by atoms with Crippen LogP contribution < -0.4 is 14.8 Å². The fourth-order valence-corrected chi connectivity index (χ4v) is 3.33. The van der Waals surface area contributed by atoms with E-state index >= 15 is 0 Å². The number of hydrogen-bond acceptors (Lipinski definition) is 5. The molecular weight excluding hydrogens is 352 g/mol. The number of benzene rings is 1. The second-order valence-electron chi connectivity index (χ2n) is 5.21. The van der Waals surface area contributed by atoms with Crippen LogP contribution in [0.3, 0.4) is 0 Å². The van der Waals surface area contributed by atoms with Crippen molar-refractivity contribution in [3.8, 4) is 11.5 Å². The van der Waals surface area contributed by atoms with Crippen LogP contribution in [0.1, 0.15) is 15.2 Å². The van der Waals surface area contributed by atoms with Gasteiger partial charge in [-0.2, -0.15) is 0 Å². The number of thiophene rings is 1. The molecule has 0 bridgehead atoms. The largest absolute Gasteiger partial charge is 0.454 e. The summed E-state index contributed by atoms with van der Waals surface area (Å²) in [5.74, 6) is 0.612. The number of nitrogens with zero attached hydrogens (tertiary/aromatic N) is 1. The molecule has 2 heterocycles. The Morgan fingerprint density at radius 3 is 2.79 bits per heavy atom. The van der Waals surface area contributed by atoms with E-state index in [1.807, 2.05) is 6.07 Å². The van der Waals surface area contributed by atoms with Gasteiger partial charge in [0.05, 0.1) is 17.4 Å². The van der Waals surface area contributed by atoms with Gasteiger partial charge in [0.2, 0.25) is 12.7 Å². The van der Waals surface area contributed by atoms with Crippen LogP contribution in [0.2, 0.25) is 4.34 Å². The number of likely N-dealkylation sites (N-methyl/N-ethyl adjacent to an activating group) is 1. The number of carbonyl (C=O) groups is 2. The van der Waals surface area contributed by atoms with Crippen molar-refractivity contribution in [1.82, 2.24) is 10.2 Å². The smallest absolute Gasteiger partial charge is 0.251 e. The first-order valence-corrected chi connectivity index (χ1v) is 8.38. The molecule has 8 heteroatoms. The average molecular weight is 367 g/mol. The maximum Gasteiger partial charge on any atom is 0.251 e. The average Bonchev–Trinajstić information content (AvgIpc) is 3.20. The topological polar surface area (TPSA) is 67.9 Å². The maximum atomic E-state index is 12.1. The minimum Gasteiger partial charge on any atom is -0.454 e. The van der Waals surface area contributed by atoms with E-state index in [1.54, 1.807) is 36.2 Å². The second-order valence-corrected chi connectivity index (χ2v) is 7.01. The third kappa shape index (κ3) is 3.80. The molecule has 1 N–H and O–H groups in total. The highest BCUT2D eigenvalue weighted by Crippen LogP contribution is 2.32. The van der Waals surface area contributed by atoms with E-state index in [9.17, 15) is 9.59 Å². The summed E-state index contributed by atoms with van der Waals surface area (Å²) in [6.07, 6.45) is 0. The van der Waals surface area contributed by atoms with Gasteiger partial charge in [0, 0.05) is 17.5 Å². The van der Waals surface area contributed by atoms with Crippen molar-refractivity contribution < 1.29 is 19.1 Å². The minimum absolute atomic E-state index is 0.0805. The zero-order valence-corrected chi connectivity index (χ0v) is 14.4. The molecule has 1 aliphatic heterocycles. The standard InChI is InChI=1S/C16H15ClN2O4S/c1-19(8-11-3-5-14(17)24-11)15(20)7-18-16(21)10-2-4-12-13(6-10)23-9-22-12/h2-6H,7-9H2,1H3,(H,18,21). The fraction of sp³-hybridized carbons (Fsp3) is 0.250. The molecule has 0 radical (unpaired) electrons. The molecule has 1 aliphatic rings. The van der Waals surface area contributed by atoms with Crippen molar-refractivity contribution in [3.63, 3.8) is 0 Å². The summed E-state index contributed by atoms with van der Waals surface area (Å²) < 4.78 is 11.1. The van der Waals surface area contributed by atoms with Crippen molar-refractivity contribution in [2.75, 3.05) is 20.4 Å². The lowest BCUT2D eigenvalue weighted by molar-refractivity contribution is -0.129. The summed E-state index contributed by atoms with van der Waals surface area (Å²) >= 11 is 7.30. The van der Waals surface area contributed by atoms with Crippen molar-refractivity contribution in [2.24, 2.45) is 0 Å². The van der Waals surface area contributed by atoms with E-state index in [4.69, 9.17) is 21.1 Å². The quantitative estimate of drug-likeness (QED) is 0.882. The summed E-state index contributed by atoms with van der Waals surface area (Å²) in [4.78, 5) is 26.8. The van der Waals surface area contributed by atoms with Crippen LogP contribution in [0.5, 0.6) is 11.5 Å². The van der Waals surface area contributed by atoms with Crippen molar-refractivity contribution in [1.29, 1.82) is 0 Å². The highest BCUT2D eigenvalue weighted by molar-refractivity contribution is 7.16. The molecule has 0 unspecified atom stereocenters. The summed E-state index contributed by atoms with van der Waals surface area (Å²) in [6.45, 7) is 0.523. The number of ether oxygens (including phenoxy) is 2. The first-order chi connectivity index (χ1) is 11.5. The molecule has 2 amide bonds. The van der Waals surface area contributed by atoms with Crippen molar-refractivity contribution in [3.05, 3.63) is 45.1 Å². The molecule has 0 aliphatic carbocycles. The fourth-order valence-electron chi connectivity index (χ4n) is 2.19. The monoisotopic (exact) mass is 366 g/mol. The zero-order valence-electron chi connectivity index (χ0n) is 12.9. The van der Waals surface area contributed by atoms with E-state index < -0.39 is 0 Å². The van der Waals surface area contributed by atoms with Gasteiger partial charge in [-0.3, -0.25) is 9.59 Å². The number of hydrogen-bond donors (Lipinski definition) is 1. The third-order valence-corrected chi connectivity index (χ3v) is 4.70. The molecule has 3 rings (SSSR count). The second kappa shape index (κ2) is 7.11. The number of fused-ring (bicyclic) bond motifs is 1. The van der Waals surface area contributed by atoms with Gasteiger partial charge in [0.15, 0.2) is 11.5 Å². The molecule has 1 aromatic carbocycles. The summed E-state index contributed by atoms with van der Waals surface area (Å²) in [6, 6.07) is 8.57. The molecule has 1 aromatic heterocycles. The number of carbonyl (C=O) groups excluding carboxylic acids is 2. The Morgan fingerprint density at radius 2 is 2.04 bits per heavy atom. The molecule has 2 aromatic rings. The van der Waals surface area contributed by atoms with Crippen LogP contribution in [0.25, 0.3) is 0 Å². The minimum atomic E-state index is -0.339. The van der Waals surface area contributed by atoms with Crippen molar-refractivity contribution >= 4 is 34.8 Å². The number of rotatable bonds is 5. The van der Waals surface area contributed by atoms with Gasteiger partial charge in [-0.05, 0) is 30.3 Å². The lowest BCUT2D eigenvalue weighted by Gasteiger charge is -2.16. The van der Waals surface area contributed by atoms with E-state index in [1.165, 1.54) is 11.3 Å². The van der Waals surface area contributed by atoms with E-state index in [0.29, 0.717) is 27.9 Å². The molecule has 0 saturated heterocycles. The zero-order chi connectivity index (χ0) is 17.1. The number of amides is 2. The molecule has 0 atom stereocenters. The summed E-state index contributed by atoms with van der Waals surface area (Å²) in [5, 5.41) is 2.61. The van der Waals surface area contributed by atoms with Gasteiger partial charge >= 0.3 is 0 Å². The highest BCUT2D eigenvalue weighted by Gasteiger charge is 2.17. The molecule has 0 spiro atoms. The lowest BCUT2D eigenvalue weighted by atomic mass is 10.2. The third-order valence-electron chi connectivity index (χ3n) is 3.48. The predicted octanol–water partition coefficient (Wildman–Crippen LogP) is 2.52.